The molecule has 1 unspecified atom stereocenters. The van der Waals surface area contributed by atoms with Crippen molar-refractivity contribution in [1.29, 1.82) is 0 Å². The summed E-state index contributed by atoms with van der Waals surface area (Å²) < 4.78 is 0.821. The van der Waals surface area contributed by atoms with Crippen LogP contribution in [0.4, 0.5) is 0 Å². The Morgan fingerprint density at radius 1 is 1.37 bits per heavy atom. The lowest BCUT2D eigenvalue weighted by Gasteiger charge is -2.10. The van der Waals surface area contributed by atoms with Crippen molar-refractivity contribution in [2.45, 2.75) is 6.92 Å². The van der Waals surface area contributed by atoms with Crippen LogP contribution in [0, 0.1) is 5.92 Å². The summed E-state index contributed by atoms with van der Waals surface area (Å²) in [5.74, 6) is -0.267. The molecule has 104 valence electrons. The highest BCUT2D eigenvalue weighted by atomic mass is 79.9. The van der Waals surface area contributed by atoms with Crippen LogP contribution in [-0.2, 0) is 4.79 Å². The average Bonchev–Trinajstić information content (AvgIpc) is 2.41. The summed E-state index contributed by atoms with van der Waals surface area (Å²) in [4.78, 5) is 23.3. The van der Waals surface area contributed by atoms with Gasteiger partial charge in [-0.2, -0.15) is 0 Å². The minimum Gasteiger partial charge on any atom is -0.354 e. The number of hydrogen-bond acceptors (Lipinski definition) is 3. The molecule has 1 aromatic carbocycles. The van der Waals surface area contributed by atoms with E-state index in [4.69, 9.17) is 5.73 Å². The number of carbonyl (C=O) groups excluding carboxylic acids is 2. The zero-order valence-electron chi connectivity index (χ0n) is 10.8. The molecule has 19 heavy (non-hydrogen) atoms. The Bertz CT molecular complexity index is 451. The number of nitrogens with two attached hydrogens (primary N) is 1. The van der Waals surface area contributed by atoms with Crippen LogP contribution in [0.15, 0.2) is 28.7 Å². The molecule has 0 aliphatic heterocycles. The lowest BCUT2D eigenvalue weighted by molar-refractivity contribution is -0.120. The maximum Gasteiger partial charge on any atom is 0.251 e. The number of amides is 2. The first-order valence-corrected chi connectivity index (χ1v) is 6.82. The largest absolute Gasteiger partial charge is 0.354 e. The van der Waals surface area contributed by atoms with Gasteiger partial charge in [-0.05, 0) is 30.7 Å². The zero-order valence-corrected chi connectivity index (χ0v) is 12.4. The van der Waals surface area contributed by atoms with Crippen molar-refractivity contribution >= 4 is 27.7 Å². The normalized spacial score (nSPS) is 11.7. The van der Waals surface area contributed by atoms with Crippen LogP contribution in [0.5, 0.6) is 0 Å². The van der Waals surface area contributed by atoms with Crippen LogP contribution < -0.4 is 16.4 Å². The molecular weight excluding hydrogens is 310 g/mol. The van der Waals surface area contributed by atoms with Gasteiger partial charge in [0.1, 0.15) is 0 Å². The van der Waals surface area contributed by atoms with Gasteiger partial charge >= 0.3 is 0 Å². The maximum atomic E-state index is 11.8. The molecule has 1 aromatic rings. The van der Waals surface area contributed by atoms with E-state index in [-0.39, 0.29) is 24.3 Å². The van der Waals surface area contributed by atoms with Crippen molar-refractivity contribution < 1.29 is 9.59 Å². The fourth-order valence-electron chi connectivity index (χ4n) is 1.33. The second kappa shape index (κ2) is 7.91. The molecule has 0 heterocycles. The molecule has 0 fully saturated rings. The van der Waals surface area contributed by atoms with Gasteiger partial charge in [0.25, 0.3) is 5.91 Å². The SMILES string of the molecule is CC(CN)CNC(=O)CNC(=O)c1cccc(Br)c1. The van der Waals surface area contributed by atoms with Crippen LogP contribution in [0.1, 0.15) is 17.3 Å². The number of nitrogens with one attached hydrogen (secondary N) is 2. The van der Waals surface area contributed by atoms with Crippen molar-refractivity contribution in [3.63, 3.8) is 0 Å². The molecule has 0 aliphatic rings. The first-order chi connectivity index (χ1) is 9.02. The van der Waals surface area contributed by atoms with E-state index >= 15 is 0 Å². The van der Waals surface area contributed by atoms with E-state index in [0.29, 0.717) is 18.7 Å². The molecule has 0 radical (unpaired) electrons. The Hall–Kier alpha value is -1.40. The van der Waals surface area contributed by atoms with E-state index < -0.39 is 0 Å². The van der Waals surface area contributed by atoms with E-state index in [1.54, 1.807) is 18.2 Å². The van der Waals surface area contributed by atoms with Crippen molar-refractivity contribution in [3.05, 3.63) is 34.3 Å². The minimum atomic E-state index is -0.275. The van der Waals surface area contributed by atoms with Gasteiger partial charge in [0.15, 0.2) is 0 Å². The molecule has 0 saturated carbocycles. The topological polar surface area (TPSA) is 84.2 Å². The van der Waals surface area contributed by atoms with Gasteiger partial charge in [0.2, 0.25) is 5.91 Å². The highest BCUT2D eigenvalue weighted by Gasteiger charge is 2.08. The lowest BCUT2D eigenvalue weighted by Crippen LogP contribution is -2.39. The Morgan fingerprint density at radius 2 is 2.11 bits per heavy atom. The molecule has 2 amide bonds. The number of benzene rings is 1. The highest BCUT2D eigenvalue weighted by molar-refractivity contribution is 9.10. The number of halogens is 1. The second-order valence-corrected chi connectivity index (χ2v) is 5.25. The van der Waals surface area contributed by atoms with E-state index in [2.05, 4.69) is 26.6 Å². The highest BCUT2D eigenvalue weighted by Crippen LogP contribution is 2.11. The summed E-state index contributed by atoms with van der Waals surface area (Å²) in [5, 5.41) is 5.27. The second-order valence-electron chi connectivity index (χ2n) is 4.34. The Labute approximate surface area is 121 Å². The average molecular weight is 328 g/mol. The van der Waals surface area contributed by atoms with E-state index in [9.17, 15) is 9.59 Å². The minimum absolute atomic E-state index is 0.0390. The van der Waals surface area contributed by atoms with Gasteiger partial charge in [-0.25, -0.2) is 0 Å². The molecule has 1 atom stereocenters. The summed E-state index contributed by atoms with van der Waals surface area (Å²) in [6, 6.07) is 6.98. The summed E-state index contributed by atoms with van der Waals surface area (Å²) in [6.07, 6.45) is 0. The quantitative estimate of drug-likeness (QED) is 0.725. The van der Waals surface area contributed by atoms with Gasteiger partial charge in [0.05, 0.1) is 6.54 Å². The molecule has 0 bridgehead atoms. The van der Waals surface area contributed by atoms with Crippen LogP contribution in [0.2, 0.25) is 0 Å². The number of carbonyl (C=O) groups is 2. The van der Waals surface area contributed by atoms with Crippen molar-refractivity contribution in [2.75, 3.05) is 19.6 Å². The van der Waals surface area contributed by atoms with Crippen molar-refractivity contribution in [3.8, 4) is 0 Å². The molecule has 0 spiro atoms. The van der Waals surface area contributed by atoms with Crippen LogP contribution in [0.3, 0.4) is 0 Å². The third-order valence-electron chi connectivity index (χ3n) is 2.55. The molecule has 6 heteroatoms. The fourth-order valence-corrected chi connectivity index (χ4v) is 1.73. The van der Waals surface area contributed by atoms with Gasteiger partial charge in [-0.15, -0.1) is 0 Å². The standard InChI is InChI=1S/C13H18BrN3O2/c1-9(6-15)7-16-12(18)8-17-13(19)10-3-2-4-11(14)5-10/h2-5,9H,6-8,15H2,1H3,(H,16,18)(H,17,19). The monoisotopic (exact) mass is 327 g/mol. The first kappa shape index (κ1) is 15.7. The predicted octanol–water partition coefficient (Wildman–Crippen LogP) is 0.890. The van der Waals surface area contributed by atoms with E-state index in [1.165, 1.54) is 0 Å². The van der Waals surface area contributed by atoms with Crippen LogP contribution in [-0.4, -0.2) is 31.4 Å². The van der Waals surface area contributed by atoms with E-state index in [1.807, 2.05) is 13.0 Å². The Morgan fingerprint density at radius 3 is 2.74 bits per heavy atom. The van der Waals surface area contributed by atoms with Crippen molar-refractivity contribution in [2.24, 2.45) is 11.7 Å². The lowest BCUT2D eigenvalue weighted by atomic mass is 10.2. The molecule has 4 N–H and O–H groups in total. The summed E-state index contributed by atoms with van der Waals surface area (Å²) >= 11 is 3.29. The van der Waals surface area contributed by atoms with Crippen LogP contribution in [0.25, 0.3) is 0 Å². The van der Waals surface area contributed by atoms with Gasteiger partial charge in [-0.3, -0.25) is 9.59 Å². The fraction of sp³-hybridized carbons (Fsp3) is 0.385. The first-order valence-electron chi connectivity index (χ1n) is 6.03. The summed E-state index contributed by atoms with van der Waals surface area (Å²) in [5.41, 5.74) is 5.96. The predicted molar refractivity (Wildman–Crippen MR) is 77.7 cm³/mol. The third-order valence-corrected chi connectivity index (χ3v) is 3.04. The number of hydrogen-bond donors (Lipinski definition) is 3. The maximum absolute atomic E-state index is 11.8. The number of rotatable bonds is 6. The van der Waals surface area contributed by atoms with Gasteiger partial charge in [0, 0.05) is 16.6 Å². The summed E-state index contributed by atoms with van der Waals surface area (Å²) in [7, 11) is 0. The molecule has 5 nitrogen and oxygen atoms in total. The zero-order chi connectivity index (χ0) is 14.3. The van der Waals surface area contributed by atoms with Crippen molar-refractivity contribution in [1.82, 2.24) is 10.6 Å². The molecule has 0 aromatic heterocycles. The van der Waals surface area contributed by atoms with Crippen LogP contribution >= 0.6 is 15.9 Å². The smallest absolute Gasteiger partial charge is 0.251 e. The Kier molecular flexibility index (Phi) is 6.52. The van der Waals surface area contributed by atoms with Gasteiger partial charge < -0.3 is 16.4 Å². The molecular formula is C13H18BrN3O2. The molecule has 0 saturated heterocycles. The van der Waals surface area contributed by atoms with Gasteiger partial charge in [-0.1, -0.05) is 28.9 Å². The molecule has 0 aliphatic carbocycles. The summed E-state index contributed by atoms with van der Waals surface area (Å²) in [6.45, 7) is 2.94. The third kappa shape index (κ3) is 5.85. The Balaban J connectivity index is 2.36. The van der Waals surface area contributed by atoms with E-state index in [0.717, 1.165) is 4.47 Å². The molecule has 1 rings (SSSR count).